The first-order valence-corrected chi connectivity index (χ1v) is 8.06. The van der Waals surface area contributed by atoms with E-state index in [1.807, 2.05) is 12.1 Å². The van der Waals surface area contributed by atoms with Gasteiger partial charge in [-0.25, -0.2) is 12.8 Å². The third-order valence-electron chi connectivity index (χ3n) is 2.62. The number of nitrogen functional groups attached to an aromatic ring is 1. The van der Waals surface area contributed by atoms with Gasteiger partial charge in [0.05, 0.1) is 22.3 Å². The Morgan fingerprint density at radius 1 is 1.24 bits per heavy atom. The number of nitrogens with two attached hydrogens (primary N) is 1. The van der Waals surface area contributed by atoms with E-state index in [1.165, 1.54) is 0 Å². The Bertz CT molecular complexity index is 691. The van der Waals surface area contributed by atoms with Gasteiger partial charge < -0.3 is 5.73 Å². The predicted molar refractivity (Wildman–Crippen MR) is 77.7 cm³/mol. The van der Waals surface area contributed by atoms with Crippen molar-refractivity contribution in [2.24, 2.45) is 0 Å². The van der Waals surface area contributed by atoms with Crippen molar-refractivity contribution in [1.29, 1.82) is 10.5 Å². The van der Waals surface area contributed by atoms with E-state index in [2.05, 4.69) is 15.9 Å². The maximum absolute atomic E-state index is 13.3. The second-order valence-corrected chi connectivity index (χ2v) is 6.79. The molecule has 0 aliphatic heterocycles. The highest BCUT2D eigenvalue weighted by molar-refractivity contribution is 9.10. The number of anilines is 1. The second-order valence-electron chi connectivity index (χ2n) is 4.02. The van der Waals surface area contributed by atoms with Crippen LogP contribution in [0.15, 0.2) is 21.5 Å². The van der Waals surface area contributed by atoms with Crippen molar-refractivity contribution in [3.05, 3.63) is 22.4 Å². The van der Waals surface area contributed by atoms with Crippen LogP contribution in [0.1, 0.15) is 12.8 Å². The summed E-state index contributed by atoms with van der Waals surface area (Å²) in [5.41, 5.74) is 5.35. The molecule has 21 heavy (non-hydrogen) atoms. The monoisotopic (exact) mass is 374 g/mol. The van der Waals surface area contributed by atoms with E-state index < -0.39 is 15.8 Å². The molecule has 1 rings (SSSR count). The van der Waals surface area contributed by atoms with Crippen LogP contribution in [0, 0.1) is 28.5 Å². The fraction of sp³-hybridized carbons (Fsp3) is 0.333. The number of benzene rings is 1. The maximum Gasteiger partial charge on any atom is 0.245 e. The molecule has 0 fully saturated rings. The van der Waals surface area contributed by atoms with Crippen molar-refractivity contribution < 1.29 is 12.8 Å². The Labute approximate surface area is 130 Å². The van der Waals surface area contributed by atoms with Crippen molar-refractivity contribution in [3.63, 3.8) is 0 Å². The van der Waals surface area contributed by atoms with Crippen LogP contribution < -0.4 is 5.73 Å². The zero-order chi connectivity index (χ0) is 16.0. The molecule has 1 aromatic rings. The molecule has 112 valence electrons. The van der Waals surface area contributed by atoms with E-state index in [1.54, 1.807) is 0 Å². The molecule has 0 aromatic heterocycles. The summed E-state index contributed by atoms with van der Waals surface area (Å²) in [5, 5.41) is 17.2. The first-order chi connectivity index (χ1) is 9.84. The van der Waals surface area contributed by atoms with Gasteiger partial charge in [0.1, 0.15) is 10.7 Å². The molecule has 1 aromatic carbocycles. The molecule has 2 N–H and O–H groups in total. The third-order valence-corrected chi connectivity index (χ3v) is 5.18. The van der Waals surface area contributed by atoms with Gasteiger partial charge in [-0.3, -0.25) is 0 Å². The number of nitrogens with zero attached hydrogens (tertiary/aromatic N) is 3. The lowest BCUT2D eigenvalue weighted by atomic mass is 10.3. The highest BCUT2D eigenvalue weighted by Gasteiger charge is 2.27. The highest BCUT2D eigenvalue weighted by atomic mass is 79.9. The van der Waals surface area contributed by atoms with Gasteiger partial charge in [0.15, 0.2) is 0 Å². The fourth-order valence-corrected chi connectivity index (χ4v) is 3.67. The SMILES string of the molecule is N#CCCN(CCC#N)S(=O)(=O)c1cc(Br)c(F)cc1N. The van der Waals surface area contributed by atoms with Crippen LogP contribution >= 0.6 is 15.9 Å². The van der Waals surface area contributed by atoms with Gasteiger partial charge in [-0.15, -0.1) is 0 Å². The largest absolute Gasteiger partial charge is 0.398 e. The highest BCUT2D eigenvalue weighted by Crippen LogP contribution is 2.28. The van der Waals surface area contributed by atoms with Gasteiger partial charge in [-0.1, -0.05) is 0 Å². The standard InChI is InChI=1S/C12H12BrFN4O2S/c13-9-7-12(11(17)8-10(9)14)21(19,20)18(5-1-3-15)6-2-4-16/h7-8H,1-2,5-6,17H2. The number of rotatable bonds is 6. The molecule has 0 aliphatic rings. The third kappa shape index (κ3) is 4.14. The molecule has 9 heteroatoms. The smallest absolute Gasteiger partial charge is 0.245 e. The van der Waals surface area contributed by atoms with Crippen LogP contribution in [0.3, 0.4) is 0 Å². The summed E-state index contributed by atoms with van der Waals surface area (Å²) in [6, 6.07) is 5.67. The Hall–Kier alpha value is -1.68. The van der Waals surface area contributed by atoms with Crippen LogP contribution in [0.5, 0.6) is 0 Å². The number of hydrogen-bond acceptors (Lipinski definition) is 5. The Kier molecular flexibility index (Phi) is 6.09. The number of halogens is 2. The molecule has 0 amide bonds. The summed E-state index contributed by atoms with van der Waals surface area (Å²) in [6.07, 6.45) is -0.0418. The fourth-order valence-electron chi connectivity index (χ4n) is 1.61. The average molecular weight is 375 g/mol. The van der Waals surface area contributed by atoms with Gasteiger partial charge in [0.25, 0.3) is 0 Å². The first kappa shape index (κ1) is 17.4. The minimum atomic E-state index is -4.01. The maximum atomic E-state index is 13.3. The lowest BCUT2D eigenvalue weighted by molar-refractivity contribution is 0.425. The summed E-state index contributed by atoms with van der Waals surface area (Å²) in [7, 11) is -4.01. The molecule has 0 heterocycles. The molecule has 0 atom stereocenters. The molecule has 0 saturated carbocycles. The summed E-state index contributed by atoms with van der Waals surface area (Å²) >= 11 is 2.91. The van der Waals surface area contributed by atoms with E-state index in [0.29, 0.717) is 0 Å². The average Bonchev–Trinajstić information content (AvgIpc) is 2.42. The van der Waals surface area contributed by atoms with Gasteiger partial charge in [0.2, 0.25) is 10.0 Å². The summed E-state index contributed by atoms with van der Waals surface area (Å²) in [6.45, 7) is -0.121. The van der Waals surface area contributed by atoms with Gasteiger partial charge >= 0.3 is 0 Å². The van der Waals surface area contributed by atoms with Crippen LogP contribution in [-0.2, 0) is 10.0 Å². The number of sulfonamides is 1. The predicted octanol–water partition coefficient (Wildman–Crippen LogP) is 1.99. The quantitative estimate of drug-likeness (QED) is 0.765. The first-order valence-electron chi connectivity index (χ1n) is 5.83. The summed E-state index contributed by atoms with van der Waals surface area (Å²) in [5.74, 6) is -0.674. The molecule has 0 aliphatic carbocycles. The van der Waals surface area contributed by atoms with Crippen molar-refractivity contribution >= 4 is 31.6 Å². The van der Waals surface area contributed by atoms with Crippen LogP contribution in [0.2, 0.25) is 0 Å². The van der Waals surface area contributed by atoms with Crippen molar-refractivity contribution in [2.75, 3.05) is 18.8 Å². The van der Waals surface area contributed by atoms with Crippen LogP contribution in [-0.4, -0.2) is 25.8 Å². The van der Waals surface area contributed by atoms with E-state index in [-0.39, 0.29) is 41.0 Å². The van der Waals surface area contributed by atoms with E-state index in [0.717, 1.165) is 16.4 Å². The molecule has 0 saturated heterocycles. The second kappa shape index (κ2) is 7.36. The van der Waals surface area contributed by atoms with Crippen LogP contribution in [0.25, 0.3) is 0 Å². The van der Waals surface area contributed by atoms with Gasteiger partial charge in [-0.2, -0.15) is 14.8 Å². The lowest BCUT2D eigenvalue weighted by Gasteiger charge is -2.21. The number of hydrogen-bond donors (Lipinski definition) is 1. The summed E-state index contributed by atoms with van der Waals surface area (Å²) < 4.78 is 39.3. The van der Waals surface area contributed by atoms with Crippen molar-refractivity contribution in [3.8, 4) is 12.1 Å². The van der Waals surface area contributed by atoms with Gasteiger partial charge in [0, 0.05) is 25.9 Å². The zero-order valence-electron chi connectivity index (χ0n) is 10.9. The van der Waals surface area contributed by atoms with Crippen molar-refractivity contribution in [1.82, 2.24) is 4.31 Å². The van der Waals surface area contributed by atoms with E-state index >= 15 is 0 Å². The Balaban J connectivity index is 3.25. The topological polar surface area (TPSA) is 111 Å². The minimum absolute atomic E-state index is 0.0209. The normalized spacial score (nSPS) is 11.1. The number of nitriles is 2. The lowest BCUT2D eigenvalue weighted by Crippen LogP contribution is -2.33. The van der Waals surface area contributed by atoms with Crippen molar-refractivity contribution in [2.45, 2.75) is 17.7 Å². The Morgan fingerprint density at radius 2 is 1.76 bits per heavy atom. The Morgan fingerprint density at radius 3 is 2.24 bits per heavy atom. The minimum Gasteiger partial charge on any atom is -0.398 e. The molecule has 0 spiro atoms. The molecular weight excluding hydrogens is 363 g/mol. The van der Waals surface area contributed by atoms with E-state index in [4.69, 9.17) is 16.3 Å². The molecule has 0 radical (unpaired) electrons. The molecule has 0 unspecified atom stereocenters. The zero-order valence-corrected chi connectivity index (χ0v) is 13.3. The molecule has 6 nitrogen and oxygen atoms in total. The van der Waals surface area contributed by atoms with Gasteiger partial charge in [-0.05, 0) is 28.1 Å². The van der Waals surface area contributed by atoms with Crippen LogP contribution in [0.4, 0.5) is 10.1 Å². The molecular formula is C12H12BrFN4O2S. The summed E-state index contributed by atoms with van der Waals surface area (Å²) in [4.78, 5) is -0.258. The van der Waals surface area contributed by atoms with E-state index in [9.17, 15) is 12.8 Å². The molecule has 0 bridgehead atoms.